The fourth-order valence-corrected chi connectivity index (χ4v) is 1.29. The molecule has 0 saturated carbocycles. The Labute approximate surface area is 102 Å². The molecule has 0 aliphatic heterocycles. The van der Waals surface area contributed by atoms with Crippen molar-refractivity contribution >= 4 is 17.6 Å². The minimum absolute atomic E-state index is 0.761. The number of hydrogen-bond donors (Lipinski definition) is 2. The van der Waals surface area contributed by atoms with Gasteiger partial charge in [-0.1, -0.05) is 6.07 Å². The molecular weight excluding hydrogens is 277 g/mol. The molecule has 0 heterocycles. The molecule has 0 fully saturated rings. The van der Waals surface area contributed by atoms with E-state index in [1.54, 1.807) is 0 Å². The summed E-state index contributed by atoms with van der Waals surface area (Å²) in [6.07, 6.45) is -8.62. The Morgan fingerprint density at radius 3 is 2.21 bits per heavy atom. The van der Waals surface area contributed by atoms with E-state index >= 15 is 0 Å². The Bertz CT molecular complexity index is 512. The molecule has 1 aromatic carbocycles. The first kappa shape index (κ1) is 14.9. The highest BCUT2D eigenvalue weighted by Gasteiger charge is 2.39. The number of benzene rings is 1. The summed E-state index contributed by atoms with van der Waals surface area (Å²) in [5, 5.41) is 9.88. The van der Waals surface area contributed by atoms with Gasteiger partial charge in [-0.15, -0.1) is 0 Å². The molecule has 0 saturated heterocycles. The number of amides is 1. The van der Waals surface area contributed by atoms with Crippen molar-refractivity contribution < 1.29 is 36.6 Å². The van der Waals surface area contributed by atoms with Crippen molar-refractivity contribution in [1.82, 2.24) is 0 Å². The van der Waals surface area contributed by atoms with Crippen LogP contribution in [0.25, 0.3) is 0 Å². The van der Waals surface area contributed by atoms with E-state index in [0.29, 0.717) is 0 Å². The third-order valence-electron chi connectivity index (χ3n) is 2.06. The van der Waals surface area contributed by atoms with Crippen molar-refractivity contribution in [3.8, 4) is 0 Å². The van der Waals surface area contributed by atoms with Gasteiger partial charge in [0, 0.05) is 0 Å². The van der Waals surface area contributed by atoms with Crippen LogP contribution in [0.2, 0.25) is 0 Å². The highest BCUT2D eigenvalue weighted by Crippen LogP contribution is 2.31. The van der Waals surface area contributed by atoms with E-state index in [4.69, 9.17) is 5.11 Å². The smallest absolute Gasteiger partial charge is 0.471 e. The predicted octanol–water partition coefficient (Wildman–Crippen LogP) is 2.82. The van der Waals surface area contributed by atoms with E-state index in [1.165, 1.54) is 5.32 Å². The average molecular weight is 283 g/mol. The monoisotopic (exact) mass is 283 g/mol. The summed E-state index contributed by atoms with van der Waals surface area (Å²) in [7, 11) is 0. The lowest BCUT2D eigenvalue weighted by Gasteiger charge is -2.13. The lowest BCUT2D eigenvalue weighted by molar-refractivity contribution is -0.167. The molecule has 0 spiro atoms. The Morgan fingerprint density at radius 2 is 1.79 bits per heavy atom. The maximum absolute atomic E-state index is 12.7. The van der Waals surface area contributed by atoms with Crippen molar-refractivity contribution in [3.63, 3.8) is 0 Å². The molecule has 1 amide bonds. The summed E-state index contributed by atoms with van der Waals surface area (Å²) < 4.78 is 61.4. The molecule has 2 N–H and O–H groups in total. The average Bonchev–Trinajstić information content (AvgIpc) is 2.26. The third-order valence-corrected chi connectivity index (χ3v) is 2.06. The predicted molar refractivity (Wildman–Crippen MR) is 53.0 cm³/mol. The minimum atomic E-state index is -5.27. The summed E-state index contributed by atoms with van der Waals surface area (Å²) in [6.45, 7) is 0. The van der Waals surface area contributed by atoms with Gasteiger partial charge in [-0.2, -0.15) is 13.2 Å². The number of carbonyl (C=O) groups is 2. The molecule has 0 aliphatic carbocycles. The van der Waals surface area contributed by atoms with Crippen LogP contribution in [-0.2, 0) is 4.79 Å². The molecule has 1 rings (SSSR count). The molecule has 0 radical (unpaired) electrons. The molecule has 0 aromatic heterocycles. The molecule has 0 unspecified atom stereocenters. The first-order valence-electron chi connectivity index (χ1n) is 4.67. The standard InChI is InChI=1S/C10H6F5NO3/c11-7(12)6-4(8(17)18)2-1-3-5(6)16-9(19)10(13,14)15/h1-3,7H,(H,16,19)(H,17,18). The summed E-state index contributed by atoms with van der Waals surface area (Å²) in [4.78, 5) is 21.4. The summed E-state index contributed by atoms with van der Waals surface area (Å²) in [5.74, 6) is -4.20. The molecule has 1 aromatic rings. The SMILES string of the molecule is O=C(O)c1cccc(NC(=O)C(F)(F)F)c1C(F)F. The number of rotatable bonds is 3. The van der Waals surface area contributed by atoms with Gasteiger partial charge in [-0.25, -0.2) is 13.6 Å². The number of carbonyl (C=O) groups excluding carboxylic acids is 1. The second-order valence-corrected chi connectivity index (χ2v) is 3.32. The first-order valence-corrected chi connectivity index (χ1v) is 4.67. The quantitative estimate of drug-likeness (QED) is 0.838. The molecule has 104 valence electrons. The van der Waals surface area contributed by atoms with Gasteiger partial charge >= 0.3 is 18.1 Å². The largest absolute Gasteiger partial charge is 0.478 e. The van der Waals surface area contributed by atoms with Crippen molar-refractivity contribution in [3.05, 3.63) is 29.3 Å². The van der Waals surface area contributed by atoms with Crippen LogP contribution in [0, 0.1) is 0 Å². The second-order valence-electron chi connectivity index (χ2n) is 3.32. The number of carboxylic acid groups (broad SMARTS) is 1. The normalized spacial score (nSPS) is 11.5. The van der Waals surface area contributed by atoms with Gasteiger partial charge in [0.1, 0.15) is 0 Å². The number of carboxylic acids is 1. The number of alkyl halides is 5. The summed E-state index contributed by atoms with van der Waals surface area (Å²) in [6, 6.07) is 2.51. The molecule has 19 heavy (non-hydrogen) atoms. The van der Waals surface area contributed by atoms with Gasteiger partial charge in [-0.3, -0.25) is 4.79 Å². The fraction of sp³-hybridized carbons (Fsp3) is 0.200. The van der Waals surface area contributed by atoms with Gasteiger partial charge in [0.15, 0.2) is 0 Å². The Kier molecular flexibility index (Phi) is 4.07. The number of aromatic carboxylic acids is 1. The van der Waals surface area contributed by atoms with Gasteiger partial charge in [0.2, 0.25) is 0 Å². The van der Waals surface area contributed by atoms with Crippen LogP contribution in [0.3, 0.4) is 0 Å². The van der Waals surface area contributed by atoms with Gasteiger partial charge in [-0.05, 0) is 12.1 Å². The zero-order chi connectivity index (χ0) is 14.8. The highest BCUT2D eigenvalue weighted by atomic mass is 19.4. The van der Waals surface area contributed by atoms with E-state index in [0.717, 1.165) is 18.2 Å². The van der Waals surface area contributed by atoms with Crippen molar-refractivity contribution in [2.24, 2.45) is 0 Å². The minimum Gasteiger partial charge on any atom is -0.478 e. The number of anilines is 1. The molecule has 9 heteroatoms. The number of hydrogen-bond acceptors (Lipinski definition) is 2. The van der Waals surface area contributed by atoms with Gasteiger partial charge in [0.25, 0.3) is 6.43 Å². The molecular formula is C10H6F5NO3. The van der Waals surface area contributed by atoms with E-state index in [2.05, 4.69) is 0 Å². The van der Waals surface area contributed by atoms with Crippen LogP contribution in [-0.4, -0.2) is 23.2 Å². The molecule has 0 aliphatic rings. The first-order chi connectivity index (χ1) is 8.64. The van der Waals surface area contributed by atoms with Crippen molar-refractivity contribution in [2.75, 3.05) is 5.32 Å². The van der Waals surface area contributed by atoms with Crippen LogP contribution >= 0.6 is 0 Å². The molecule has 0 bridgehead atoms. The van der Waals surface area contributed by atoms with Crippen LogP contribution < -0.4 is 5.32 Å². The van der Waals surface area contributed by atoms with Crippen LogP contribution in [0.5, 0.6) is 0 Å². The highest BCUT2D eigenvalue weighted by molar-refractivity contribution is 5.98. The number of halogens is 5. The maximum Gasteiger partial charge on any atom is 0.471 e. The topological polar surface area (TPSA) is 66.4 Å². The van der Waals surface area contributed by atoms with Gasteiger partial charge in [0.05, 0.1) is 16.8 Å². The van der Waals surface area contributed by atoms with Crippen LogP contribution in [0.1, 0.15) is 22.3 Å². The van der Waals surface area contributed by atoms with E-state index < -0.39 is 41.3 Å². The van der Waals surface area contributed by atoms with Crippen molar-refractivity contribution in [2.45, 2.75) is 12.6 Å². The zero-order valence-corrected chi connectivity index (χ0v) is 8.96. The summed E-state index contributed by atoms with van der Waals surface area (Å²) >= 11 is 0. The summed E-state index contributed by atoms with van der Waals surface area (Å²) in [5.41, 5.74) is -2.94. The Balaban J connectivity index is 3.25. The molecule has 4 nitrogen and oxygen atoms in total. The van der Waals surface area contributed by atoms with E-state index in [1.807, 2.05) is 0 Å². The Morgan fingerprint density at radius 1 is 1.21 bits per heavy atom. The third kappa shape index (κ3) is 3.39. The number of nitrogens with one attached hydrogen (secondary N) is 1. The van der Waals surface area contributed by atoms with Crippen LogP contribution in [0.15, 0.2) is 18.2 Å². The maximum atomic E-state index is 12.7. The van der Waals surface area contributed by atoms with E-state index in [-0.39, 0.29) is 0 Å². The Hall–Kier alpha value is -2.19. The van der Waals surface area contributed by atoms with Crippen molar-refractivity contribution in [1.29, 1.82) is 0 Å². The lowest BCUT2D eigenvalue weighted by Crippen LogP contribution is -2.30. The van der Waals surface area contributed by atoms with Gasteiger partial charge < -0.3 is 10.4 Å². The van der Waals surface area contributed by atoms with Crippen LogP contribution in [0.4, 0.5) is 27.6 Å². The molecule has 0 atom stereocenters. The fourth-order valence-electron chi connectivity index (χ4n) is 1.29. The zero-order valence-electron chi connectivity index (χ0n) is 8.96. The second kappa shape index (κ2) is 5.21. The van der Waals surface area contributed by atoms with E-state index in [9.17, 15) is 31.5 Å². The lowest BCUT2D eigenvalue weighted by atomic mass is 10.1.